The van der Waals surface area contributed by atoms with Gasteiger partial charge in [0.1, 0.15) is 5.75 Å². The van der Waals surface area contributed by atoms with Crippen molar-refractivity contribution in [1.82, 2.24) is 15.5 Å². The Morgan fingerprint density at radius 1 is 1.29 bits per heavy atom. The third-order valence-corrected chi connectivity index (χ3v) is 4.80. The largest absolute Gasteiger partial charge is 0.496 e. The molecule has 1 aromatic carbocycles. The van der Waals surface area contributed by atoms with Gasteiger partial charge in [0.05, 0.1) is 18.7 Å². The second-order valence-corrected chi connectivity index (χ2v) is 5.90. The highest BCUT2D eigenvalue weighted by molar-refractivity contribution is 5.63. The van der Waals surface area contributed by atoms with Crippen LogP contribution in [0.3, 0.4) is 0 Å². The van der Waals surface area contributed by atoms with Gasteiger partial charge in [-0.3, -0.25) is 0 Å². The molecule has 1 aliphatic carbocycles. The third-order valence-electron chi connectivity index (χ3n) is 4.80. The molecule has 0 radical (unpaired) electrons. The van der Waals surface area contributed by atoms with Crippen LogP contribution in [0.2, 0.25) is 0 Å². The van der Waals surface area contributed by atoms with Gasteiger partial charge in [0.25, 0.3) is 0 Å². The lowest BCUT2D eigenvalue weighted by Crippen LogP contribution is -2.18. The molecule has 1 saturated heterocycles. The average molecular weight is 285 g/mol. The highest BCUT2D eigenvalue weighted by atomic mass is 16.5. The molecule has 1 saturated carbocycles. The Bertz CT molecular complexity index is 640. The zero-order valence-electron chi connectivity index (χ0n) is 12.1. The number of hydrogen-bond donors (Lipinski definition) is 1. The summed E-state index contributed by atoms with van der Waals surface area (Å²) in [6.07, 6.45) is 3.90. The number of nitrogens with zero attached hydrogens (tertiary/aromatic N) is 2. The van der Waals surface area contributed by atoms with E-state index in [1.54, 1.807) is 7.11 Å². The molecule has 5 nitrogen and oxygen atoms in total. The van der Waals surface area contributed by atoms with Crippen molar-refractivity contribution in [2.24, 2.45) is 11.8 Å². The lowest BCUT2D eigenvalue weighted by atomic mass is 9.94. The molecule has 2 aliphatic rings. The number of aromatic nitrogens is 2. The minimum Gasteiger partial charge on any atom is -0.496 e. The van der Waals surface area contributed by atoms with E-state index in [1.165, 1.54) is 19.3 Å². The Morgan fingerprint density at radius 3 is 3.10 bits per heavy atom. The summed E-state index contributed by atoms with van der Waals surface area (Å²) >= 11 is 0. The number of benzene rings is 1. The minimum atomic E-state index is 0.216. The molecule has 1 N–H and O–H groups in total. The van der Waals surface area contributed by atoms with Gasteiger partial charge < -0.3 is 14.6 Å². The second kappa shape index (κ2) is 5.15. The monoisotopic (exact) mass is 285 g/mol. The number of methoxy groups -OCH3 is 1. The molecular weight excluding hydrogens is 266 g/mol. The molecule has 21 heavy (non-hydrogen) atoms. The fourth-order valence-corrected chi connectivity index (χ4v) is 3.76. The first kappa shape index (κ1) is 12.8. The van der Waals surface area contributed by atoms with Crippen LogP contribution in [0, 0.1) is 11.8 Å². The van der Waals surface area contributed by atoms with E-state index in [4.69, 9.17) is 9.26 Å². The van der Waals surface area contributed by atoms with E-state index in [1.807, 2.05) is 24.3 Å². The number of hydrogen-bond acceptors (Lipinski definition) is 5. The fourth-order valence-electron chi connectivity index (χ4n) is 3.76. The average Bonchev–Trinajstić information content (AvgIpc) is 3.23. The van der Waals surface area contributed by atoms with Crippen LogP contribution >= 0.6 is 0 Å². The van der Waals surface area contributed by atoms with E-state index in [2.05, 4.69) is 15.5 Å². The highest BCUT2D eigenvalue weighted by Gasteiger charge is 2.42. The second-order valence-electron chi connectivity index (χ2n) is 5.90. The lowest BCUT2D eigenvalue weighted by Gasteiger charge is -2.13. The van der Waals surface area contributed by atoms with Gasteiger partial charge in [-0.2, -0.15) is 4.98 Å². The Labute approximate surface area is 123 Å². The van der Waals surface area contributed by atoms with Crippen LogP contribution in [0.1, 0.15) is 31.2 Å². The van der Waals surface area contributed by atoms with Crippen molar-refractivity contribution >= 4 is 0 Å². The molecule has 0 bridgehead atoms. The Balaban J connectivity index is 1.64. The zero-order chi connectivity index (χ0) is 14.2. The molecule has 4 rings (SSSR count). The summed E-state index contributed by atoms with van der Waals surface area (Å²) in [6.45, 7) is 1.07. The van der Waals surface area contributed by atoms with Crippen molar-refractivity contribution in [2.75, 3.05) is 13.7 Å². The molecule has 0 spiro atoms. The van der Waals surface area contributed by atoms with Crippen molar-refractivity contribution in [1.29, 1.82) is 0 Å². The SMILES string of the molecule is COc1ccccc1-c1noc(C2NCC3CCCC32)n1. The van der Waals surface area contributed by atoms with Gasteiger partial charge in [0.15, 0.2) is 0 Å². The van der Waals surface area contributed by atoms with Gasteiger partial charge >= 0.3 is 0 Å². The number of rotatable bonds is 3. The van der Waals surface area contributed by atoms with Gasteiger partial charge in [-0.15, -0.1) is 0 Å². The Hall–Kier alpha value is -1.88. The van der Waals surface area contributed by atoms with Gasteiger partial charge in [0, 0.05) is 0 Å². The van der Waals surface area contributed by atoms with Gasteiger partial charge in [0.2, 0.25) is 11.7 Å². The van der Waals surface area contributed by atoms with Crippen molar-refractivity contribution in [3.8, 4) is 17.1 Å². The number of ether oxygens (including phenoxy) is 1. The van der Waals surface area contributed by atoms with Crippen LogP contribution in [0.25, 0.3) is 11.4 Å². The summed E-state index contributed by atoms with van der Waals surface area (Å²) in [4.78, 5) is 4.61. The van der Waals surface area contributed by atoms with Crippen LogP contribution in [0.15, 0.2) is 28.8 Å². The molecule has 2 heterocycles. The van der Waals surface area contributed by atoms with Crippen molar-refractivity contribution in [3.63, 3.8) is 0 Å². The van der Waals surface area contributed by atoms with E-state index in [9.17, 15) is 0 Å². The number of fused-ring (bicyclic) bond motifs is 1. The van der Waals surface area contributed by atoms with Gasteiger partial charge in [-0.1, -0.05) is 23.7 Å². The molecule has 110 valence electrons. The number of para-hydroxylation sites is 1. The van der Waals surface area contributed by atoms with E-state index in [0.717, 1.165) is 23.8 Å². The van der Waals surface area contributed by atoms with E-state index >= 15 is 0 Å². The van der Waals surface area contributed by atoms with Crippen LogP contribution in [0.4, 0.5) is 0 Å². The lowest BCUT2D eigenvalue weighted by molar-refractivity contribution is 0.302. The van der Waals surface area contributed by atoms with Crippen molar-refractivity contribution in [2.45, 2.75) is 25.3 Å². The summed E-state index contributed by atoms with van der Waals surface area (Å²) in [5.41, 5.74) is 0.871. The molecule has 0 amide bonds. The van der Waals surface area contributed by atoms with E-state index in [0.29, 0.717) is 17.6 Å². The Morgan fingerprint density at radius 2 is 2.19 bits per heavy atom. The molecule has 2 fully saturated rings. The van der Waals surface area contributed by atoms with E-state index in [-0.39, 0.29) is 6.04 Å². The summed E-state index contributed by atoms with van der Waals surface area (Å²) in [5, 5.41) is 7.69. The zero-order valence-corrected chi connectivity index (χ0v) is 12.1. The van der Waals surface area contributed by atoms with Crippen molar-refractivity contribution < 1.29 is 9.26 Å². The van der Waals surface area contributed by atoms with Crippen molar-refractivity contribution in [3.05, 3.63) is 30.2 Å². The first-order chi connectivity index (χ1) is 10.4. The summed E-state index contributed by atoms with van der Waals surface area (Å²) in [5.74, 6) is 3.51. The maximum atomic E-state index is 5.53. The maximum absolute atomic E-state index is 5.53. The van der Waals surface area contributed by atoms with Gasteiger partial charge in [-0.05, 0) is 43.4 Å². The predicted molar refractivity (Wildman–Crippen MR) is 77.9 cm³/mol. The number of nitrogens with one attached hydrogen (secondary N) is 1. The molecule has 3 unspecified atom stereocenters. The van der Waals surface area contributed by atoms with Crippen LogP contribution in [0.5, 0.6) is 5.75 Å². The van der Waals surface area contributed by atoms with Crippen LogP contribution < -0.4 is 10.1 Å². The molecule has 2 aromatic rings. The molecular formula is C16H19N3O2. The topological polar surface area (TPSA) is 60.2 Å². The predicted octanol–water partition coefficient (Wildman–Crippen LogP) is 2.81. The molecule has 5 heteroatoms. The van der Waals surface area contributed by atoms with Crippen LogP contribution in [-0.4, -0.2) is 23.8 Å². The summed E-state index contributed by atoms with van der Waals surface area (Å²) in [7, 11) is 1.65. The van der Waals surface area contributed by atoms with E-state index < -0.39 is 0 Å². The molecule has 1 aromatic heterocycles. The summed E-state index contributed by atoms with van der Waals surface area (Å²) < 4.78 is 10.9. The quantitative estimate of drug-likeness (QED) is 0.939. The first-order valence-corrected chi connectivity index (χ1v) is 7.57. The minimum absolute atomic E-state index is 0.216. The smallest absolute Gasteiger partial charge is 0.244 e. The molecule has 3 atom stereocenters. The first-order valence-electron chi connectivity index (χ1n) is 7.57. The maximum Gasteiger partial charge on any atom is 0.244 e. The van der Waals surface area contributed by atoms with Crippen LogP contribution in [-0.2, 0) is 0 Å². The Kier molecular flexibility index (Phi) is 3.15. The third kappa shape index (κ3) is 2.12. The highest BCUT2D eigenvalue weighted by Crippen LogP contribution is 2.44. The fraction of sp³-hybridized carbons (Fsp3) is 0.500. The molecule has 1 aliphatic heterocycles. The summed E-state index contributed by atoms with van der Waals surface area (Å²) in [6, 6.07) is 7.97. The normalized spacial score (nSPS) is 27.8. The van der Waals surface area contributed by atoms with Gasteiger partial charge in [-0.25, -0.2) is 0 Å². The standard InChI is InChI=1S/C16H19N3O2/c1-20-13-8-3-2-6-12(13)15-18-16(21-19-15)14-11-7-4-5-10(11)9-17-14/h2-3,6,8,10-11,14,17H,4-5,7,9H2,1H3.